The fourth-order valence-corrected chi connectivity index (χ4v) is 3.00. The van der Waals surface area contributed by atoms with Crippen LogP contribution >= 0.6 is 11.3 Å². The summed E-state index contributed by atoms with van der Waals surface area (Å²) in [5, 5.41) is 4.30. The number of aromatic nitrogens is 2. The van der Waals surface area contributed by atoms with Crippen LogP contribution in [0.2, 0.25) is 0 Å². The third-order valence-electron chi connectivity index (χ3n) is 2.96. The molecule has 18 heavy (non-hydrogen) atoms. The van der Waals surface area contributed by atoms with Crippen LogP contribution in [0.5, 0.6) is 0 Å². The molecule has 0 aromatic carbocycles. The molecule has 6 heteroatoms. The van der Waals surface area contributed by atoms with Crippen molar-refractivity contribution in [2.24, 2.45) is 0 Å². The molecule has 0 spiro atoms. The van der Waals surface area contributed by atoms with Gasteiger partial charge in [-0.2, -0.15) is 0 Å². The van der Waals surface area contributed by atoms with Crippen LogP contribution in [0.1, 0.15) is 23.5 Å². The summed E-state index contributed by atoms with van der Waals surface area (Å²) in [6, 6.07) is 0. The third-order valence-corrected chi connectivity index (χ3v) is 3.90. The number of hydrogen-bond acceptors (Lipinski definition) is 4. The van der Waals surface area contributed by atoms with E-state index < -0.39 is 0 Å². The number of thiazole rings is 1. The Hall–Kier alpha value is -1.95. The number of fused-ring (bicyclic) bond motifs is 1. The second kappa shape index (κ2) is 3.78. The van der Waals surface area contributed by atoms with Crippen LogP contribution in [0.3, 0.4) is 0 Å². The second-order valence-corrected chi connectivity index (χ2v) is 5.14. The number of nitrogens with one attached hydrogen (secondary N) is 1. The number of aryl methyl sites for hydroxylation is 2. The van der Waals surface area contributed by atoms with Crippen LogP contribution < -0.4 is 5.32 Å². The number of imide groups is 1. The highest BCUT2D eigenvalue weighted by Gasteiger charge is 2.24. The summed E-state index contributed by atoms with van der Waals surface area (Å²) in [4.78, 5) is 28.1. The number of nitrogens with zero attached hydrogens (tertiary/aromatic N) is 2. The van der Waals surface area contributed by atoms with Crippen molar-refractivity contribution >= 4 is 34.2 Å². The molecule has 1 aliphatic rings. The van der Waals surface area contributed by atoms with Crippen LogP contribution in [-0.2, 0) is 9.59 Å². The molecule has 2 aromatic heterocycles. The maximum atomic E-state index is 11.6. The van der Waals surface area contributed by atoms with Crippen LogP contribution in [0, 0.1) is 13.8 Å². The van der Waals surface area contributed by atoms with Crippen molar-refractivity contribution in [3.05, 3.63) is 28.0 Å². The number of carbonyl (C=O) groups is 2. The van der Waals surface area contributed by atoms with E-state index in [9.17, 15) is 9.59 Å². The van der Waals surface area contributed by atoms with Gasteiger partial charge in [-0.1, -0.05) is 0 Å². The van der Waals surface area contributed by atoms with Gasteiger partial charge in [0.25, 0.3) is 5.91 Å². The first-order valence-electron chi connectivity index (χ1n) is 5.54. The molecule has 2 amide bonds. The topological polar surface area (TPSA) is 63.5 Å². The van der Waals surface area contributed by atoms with Crippen LogP contribution in [0.25, 0.3) is 11.0 Å². The van der Waals surface area contributed by atoms with E-state index in [2.05, 4.69) is 10.3 Å². The molecule has 0 radical (unpaired) electrons. The van der Waals surface area contributed by atoms with E-state index in [-0.39, 0.29) is 18.2 Å². The van der Waals surface area contributed by atoms with Gasteiger partial charge in [0.1, 0.15) is 0 Å². The first-order chi connectivity index (χ1) is 8.56. The molecular formula is C12H11N3O2S. The Morgan fingerprint density at radius 1 is 1.44 bits per heavy atom. The second-order valence-electron chi connectivity index (χ2n) is 4.30. The molecule has 1 saturated heterocycles. The fourth-order valence-electron chi connectivity index (χ4n) is 2.08. The summed E-state index contributed by atoms with van der Waals surface area (Å²) in [5.41, 5.74) is 3.32. The van der Waals surface area contributed by atoms with Gasteiger partial charge in [0, 0.05) is 16.6 Å². The van der Waals surface area contributed by atoms with Gasteiger partial charge in [-0.3, -0.25) is 19.3 Å². The average molecular weight is 261 g/mol. The van der Waals surface area contributed by atoms with Gasteiger partial charge in [0.2, 0.25) is 5.91 Å². The van der Waals surface area contributed by atoms with E-state index in [1.54, 1.807) is 17.4 Å². The maximum Gasteiger partial charge on any atom is 0.254 e. The van der Waals surface area contributed by atoms with Crippen molar-refractivity contribution in [1.82, 2.24) is 14.7 Å². The molecule has 2 aromatic rings. The molecular weight excluding hydrogens is 250 g/mol. The zero-order chi connectivity index (χ0) is 12.9. The zero-order valence-corrected chi connectivity index (χ0v) is 10.8. The number of imidazole rings is 1. The first kappa shape index (κ1) is 11.2. The lowest BCUT2D eigenvalue weighted by atomic mass is 10.1. The molecule has 0 unspecified atom stereocenters. The van der Waals surface area contributed by atoms with E-state index in [1.165, 1.54) is 0 Å². The predicted octanol–water partition coefficient (Wildman–Crippen LogP) is 1.44. The summed E-state index contributed by atoms with van der Waals surface area (Å²) in [5.74, 6) is -0.547. The molecule has 0 bridgehead atoms. The quantitative estimate of drug-likeness (QED) is 0.624. The largest absolute Gasteiger partial charge is 0.292 e. The number of carbonyl (C=O) groups excluding carboxylic acids is 2. The molecule has 1 N–H and O–H groups in total. The van der Waals surface area contributed by atoms with Crippen LogP contribution in [0.4, 0.5) is 0 Å². The monoisotopic (exact) mass is 261 g/mol. The number of amides is 2. The number of hydrogen-bond donors (Lipinski definition) is 1. The van der Waals surface area contributed by atoms with Crippen molar-refractivity contribution < 1.29 is 9.59 Å². The lowest BCUT2D eigenvalue weighted by Gasteiger charge is -1.98. The molecule has 0 atom stereocenters. The lowest BCUT2D eigenvalue weighted by Crippen LogP contribution is -2.19. The SMILES string of the molecule is Cc1nc2scc(C)n2c1C=C1CC(=O)NC1=O. The number of rotatable bonds is 1. The Balaban J connectivity index is 2.17. The highest BCUT2D eigenvalue weighted by Crippen LogP contribution is 2.23. The molecule has 0 saturated carbocycles. The molecule has 0 aliphatic carbocycles. The molecule has 92 valence electrons. The minimum absolute atomic E-state index is 0.148. The van der Waals surface area contributed by atoms with Gasteiger partial charge in [0.15, 0.2) is 4.96 Å². The molecule has 3 heterocycles. The van der Waals surface area contributed by atoms with Crippen molar-refractivity contribution in [2.45, 2.75) is 20.3 Å². The van der Waals surface area contributed by atoms with Gasteiger partial charge in [-0.15, -0.1) is 11.3 Å². The summed E-state index contributed by atoms with van der Waals surface area (Å²) in [7, 11) is 0. The lowest BCUT2D eigenvalue weighted by molar-refractivity contribution is -0.124. The molecule has 3 rings (SSSR count). The van der Waals surface area contributed by atoms with E-state index in [1.807, 2.05) is 23.6 Å². The smallest absolute Gasteiger partial charge is 0.254 e. The standard InChI is InChI=1S/C12H11N3O2S/c1-6-5-18-12-13-7(2)9(15(6)12)3-8-4-10(16)14-11(8)17/h3,5H,4H2,1-2H3,(H,14,16,17). The summed E-state index contributed by atoms with van der Waals surface area (Å²) < 4.78 is 2.00. The van der Waals surface area contributed by atoms with Crippen LogP contribution in [-0.4, -0.2) is 21.2 Å². The van der Waals surface area contributed by atoms with Crippen molar-refractivity contribution in [3.8, 4) is 0 Å². The van der Waals surface area contributed by atoms with Crippen LogP contribution in [0.15, 0.2) is 11.0 Å². The Morgan fingerprint density at radius 2 is 2.22 bits per heavy atom. The van der Waals surface area contributed by atoms with E-state index in [4.69, 9.17) is 0 Å². The Kier molecular flexibility index (Phi) is 2.34. The van der Waals surface area contributed by atoms with Gasteiger partial charge < -0.3 is 0 Å². The summed E-state index contributed by atoms with van der Waals surface area (Å²) in [6.45, 7) is 3.90. The van der Waals surface area contributed by atoms with Gasteiger partial charge in [-0.25, -0.2) is 4.98 Å². The Morgan fingerprint density at radius 3 is 2.89 bits per heavy atom. The van der Waals surface area contributed by atoms with Gasteiger partial charge in [0.05, 0.1) is 17.8 Å². The van der Waals surface area contributed by atoms with Gasteiger partial charge in [-0.05, 0) is 19.9 Å². The van der Waals surface area contributed by atoms with E-state index in [0.717, 1.165) is 22.0 Å². The molecule has 5 nitrogen and oxygen atoms in total. The predicted molar refractivity (Wildman–Crippen MR) is 68.3 cm³/mol. The fraction of sp³-hybridized carbons (Fsp3) is 0.250. The highest BCUT2D eigenvalue weighted by molar-refractivity contribution is 7.15. The Labute approximate surface area is 107 Å². The molecule has 1 fully saturated rings. The zero-order valence-electron chi connectivity index (χ0n) is 9.98. The summed E-state index contributed by atoms with van der Waals surface area (Å²) in [6.07, 6.45) is 1.91. The van der Waals surface area contributed by atoms with Crippen molar-refractivity contribution in [1.29, 1.82) is 0 Å². The molecule has 1 aliphatic heterocycles. The summed E-state index contributed by atoms with van der Waals surface area (Å²) >= 11 is 1.56. The van der Waals surface area contributed by atoms with Gasteiger partial charge >= 0.3 is 0 Å². The van der Waals surface area contributed by atoms with E-state index in [0.29, 0.717) is 5.57 Å². The van der Waals surface area contributed by atoms with E-state index >= 15 is 0 Å². The normalized spacial score (nSPS) is 18.0. The minimum Gasteiger partial charge on any atom is -0.292 e. The minimum atomic E-state index is -0.303. The average Bonchev–Trinajstić information content (AvgIpc) is 2.89. The van der Waals surface area contributed by atoms with Crippen molar-refractivity contribution in [3.63, 3.8) is 0 Å². The highest BCUT2D eigenvalue weighted by atomic mass is 32.1. The first-order valence-corrected chi connectivity index (χ1v) is 6.42. The van der Waals surface area contributed by atoms with Crippen molar-refractivity contribution in [2.75, 3.05) is 0 Å². The maximum absolute atomic E-state index is 11.6. The third kappa shape index (κ3) is 1.57. The Bertz CT molecular complexity index is 708.